The molecule has 1 aliphatic carbocycles. The monoisotopic (exact) mass is 251 g/mol. The first-order valence-electron chi connectivity index (χ1n) is 5.71. The summed E-state index contributed by atoms with van der Waals surface area (Å²) in [4.78, 5) is 26.4. The van der Waals surface area contributed by atoms with E-state index in [1.54, 1.807) is 6.92 Å². The number of methoxy groups -OCH3 is 1. The lowest BCUT2D eigenvalue weighted by molar-refractivity contribution is -0.139. The predicted molar refractivity (Wildman–Crippen MR) is 67.6 cm³/mol. The zero-order chi connectivity index (χ0) is 13.5. The van der Waals surface area contributed by atoms with E-state index in [4.69, 9.17) is 0 Å². The summed E-state index contributed by atoms with van der Waals surface area (Å²) in [6.07, 6.45) is 7.11. The Morgan fingerprint density at radius 1 is 1.50 bits per heavy atom. The zero-order valence-corrected chi connectivity index (χ0v) is 10.5. The van der Waals surface area contributed by atoms with E-state index < -0.39 is 18.0 Å². The average molecular weight is 251 g/mol. The van der Waals surface area contributed by atoms with Gasteiger partial charge in [-0.3, -0.25) is 9.79 Å². The number of carbonyl (C=O) groups excluding carboxylic acids is 1. The summed E-state index contributed by atoms with van der Waals surface area (Å²) in [5.74, 6) is -1.42. The molecule has 0 aromatic carbocycles. The van der Waals surface area contributed by atoms with Crippen LogP contribution in [0.25, 0.3) is 0 Å². The van der Waals surface area contributed by atoms with Crippen molar-refractivity contribution in [3.8, 4) is 0 Å². The highest BCUT2D eigenvalue weighted by atomic mass is 16.5. The second-order valence-corrected chi connectivity index (χ2v) is 4.05. The summed E-state index contributed by atoms with van der Waals surface area (Å²) < 4.78 is 4.52. The first-order valence-corrected chi connectivity index (χ1v) is 5.71. The maximum atomic E-state index is 11.2. The fraction of sp³-hybridized carbons (Fsp3) is 0.462. The number of aliphatic carboxylic acids is 1. The van der Waals surface area contributed by atoms with Crippen LogP contribution in [-0.2, 0) is 14.3 Å². The van der Waals surface area contributed by atoms with Gasteiger partial charge in [-0.1, -0.05) is 18.2 Å². The summed E-state index contributed by atoms with van der Waals surface area (Å²) in [7, 11) is 1.29. The first kappa shape index (κ1) is 14.2. The van der Waals surface area contributed by atoms with Crippen molar-refractivity contribution in [1.82, 2.24) is 0 Å². The summed E-state index contributed by atoms with van der Waals surface area (Å²) in [6, 6.07) is -0.903. The van der Waals surface area contributed by atoms with Crippen molar-refractivity contribution in [1.29, 1.82) is 0 Å². The van der Waals surface area contributed by atoms with E-state index >= 15 is 0 Å². The van der Waals surface area contributed by atoms with Crippen molar-refractivity contribution in [3.05, 3.63) is 23.8 Å². The molecule has 0 radical (unpaired) electrons. The molecule has 0 saturated heterocycles. The fourth-order valence-corrected chi connectivity index (χ4v) is 1.69. The van der Waals surface area contributed by atoms with Crippen LogP contribution in [0.2, 0.25) is 0 Å². The summed E-state index contributed by atoms with van der Waals surface area (Å²) in [5, 5.41) is 9.18. The van der Waals surface area contributed by atoms with Gasteiger partial charge in [-0.05, 0) is 25.3 Å². The predicted octanol–water partition coefficient (Wildman–Crippen LogP) is 1.74. The molecule has 0 saturated carbocycles. The molecule has 1 atom stereocenters. The minimum atomic E-state index is -0.999. The Balaban J connectivity index is 2.79. The molecule has 1 rings (SSSR count). The Bertz CT molecular complexity index is 421. The third kappa shape index (κ3) is 4.16. The Kier molecular flexibility index (Phi) is 5.30. The normalized spacial score (nSPS) is 17.0. The molecule has 1 aliphatic rings. The number of carbonyl (C=O) groups is 2. The topological polar surface area (TPSA) is 76.0 Å². The van der Waals surface area contributed by atoms with E-state index in [0.29, 0.717) is 12.1 Å². The van der Waals surface area contributed by atoms with Gasteiger partial charge in [0.1, 0.15) is 0 Å². The van der Waals surface area contributed by atoms with Gasteiger partial charge in [0.05, 0.1) is 13.5 Å². The van der Waals surface area contributed by atoms with Crippen LogP contribution in [0.1, 0.15) is 26.2 Å². The molecule has 0 aliphatic heterocycles. The average Bonchev–Trinajstić information content (AvgIpc) is 2.36. The fourth-order valence-electron chi connectivity index (χ4n) is 1.69. The molecule has 1 N–H and O–H groups in total. The lowest BCUT2D eigenvalue weighted by Gasteiger charge is -2.14. The number of nitrogens with zero attached hydrogens (tertiary/aromatic N) is 1. The Hall–Kier alpha value is -1.91. The molecular formula is C13H17NO4. The van der Waals surface area contributed by atoms with Crippen LogP contribution < -0.4 is 0 Å². The molecule has 5 heteroatoms. The van der Waals surface area contributed by atoms with E-state index in [-0.39, 0.29) is 6.42 Å². The van der Waals surface area contributed by atoms with Crippen LogP contribution >= 0.6 is 0 Å². The van der Waals surface area contributed by atoms with E-state index in [9.17, 15) is 14.7 Å². The number of rotatable bonds is 5. The van der Waals surface area contributed by atoms with Crippen LogP contribution in [0.3, 0.4) is 0 Å². The van der Waals surface area contributed by atoms with Crippen molar-refractivity contribution in [3.63, 3.8) is 0 Å². The lowest BCUT2D eigenvalue weighted by Crippen LogP contribution is -2.23. The van der Waals surface area contributed by atoms with Crippen molar-refractivity contribution in [2.24, 2.45) is 4.99 Å². The zero-order valence-electron chi connectivity index (χ0n) is 10.5. The molecule has 1 unspecified atom stereocenters. The number of carboxylic acid groups (broad SMARTS) is 1. The number of esters is 1. The van der Waals surface area contributed by atoms with E-state index in [1.807, 2.05) is 18.2 Å². The Morgan fingerprint density at radius 2 is 2.22 bits per heavy atom. The van der Waals surface area contributed by atoms with Gasteiger partial charge < -0.3 is 9.84 Å². The van der Waals surface area contributed by atoms with Crippen molar-refractivity contribution >= 4 is 17.7 Å². The van der Waals surface area contributed by atoms with Crippen molar-refractivity contribution in [2.45, 2.75) is 32.2 Å². The molecule has 0 fully saturated rings. The van der Waals surface area contributed by atoms with Crippen molar-refractivity contribution < 1.29 is 19.4 Å². The molecule has 0 aromatic rings. The lowest BCUT2D eigenvalue weighted by atomic mass is 9.99. The maximum Gasteiger partial charge on any atom is 0.332 e. The summed E-state index contributed by atoms with van der Waals surface area (Å²) in [6.45, 7) is 1.63. The molecule has 0 amide bonds. The van der Waals surface area contributed by atoms with Gasteiger partial charge in [0, 0.05) is 5.71 Å². The van der Waals surface area contributed by atoms with Crippen LogP contribution in [0, 0.1) is 0 Å². The molecule has 0 spiro atoms. The number of hydrogen-bond acceptors (Lipinski definition) is 4. The third-order valence-corrected chi connectivity index (χ3v) is 2.60. The molecule has 0 aromatic heterocycles. The number of aliphatic imine (C=N–C) groups is 1. The van der Waals surface area contributed by atoms with Gasteiger partial charge in [0.25, 0.3) is 0 Å². The summed E-state index contributed by atoms with van der Waals surface area (Å²) in [5.41, 5.74) is 1.22. The molecule has 0 heterocycles. The van der Waals surface area contributed by atoms with Gasteiger partial charge in [0.2, 0.25) is 0 Å². The highest BCUT2D eigenvalue weighted by Crippen LogP contribution is 2.18. The van der Waals surface area contributed by atoms with E-state index in [0.717, 1.165) is 12.0 Å². The van der Waals surface area contributed by atoms with E-state index in [1.165, 1.54) is 7.11 Å². The van der Waals surface area contributed by atoms with Crippen LogP contribution in [0.4, 0.5) is 0 Å². The third-order valence-electron chi connectivity index (χ3n) is 2.60. The largest absolute Gasteiger partial charge is 0.479 e. The Labute approximate surface area is 106 Å². The standard InChI is InChI=1S/C13H17NO4/c1-9(8-11(15)18-2)14-12(13(16)17)10-6-4-3-5-7-10/h3-4,7,12H,5-6,8H2,1-2H3,(H,16,17). The van der Waals surface area contributed by atoms with Crippen LogP contribution in [-0.4, -0.2) is 35.9 Å². The minimum absolute atomic E-state index is 0.0173. The van der Waals surface area contributed by atoms with Crippen LogP contribution in [0.15, 0.2) is 28.8 Å². The van der Waals surface area contributed by atoms with Crippen LogP contribution in [0.5, 0.6) is 0 Å². The quantitative estimate of drug-likeness (QED) is 0.458. The second kappa shape index (κ2) is 6.74. The first-order chi connectivity index (χ1) is 8.54. The summed E-state index contributed by atoms with van der Waals surface area (Å²) >= 11 is 0. The Morgan fingerprint density at radius 3 is 2.72 bits per heavy atom. The van der Waals surface area contributed by atoms with Gasteiger partial charge >= 0.3 is 11.9 Å². The smallest absolute Gasteiger partial charge is 0.332 e. The molecule has 5 nitrogen and oxygen atoms in total. The number of hydrogen-bond donors (Lipinski definition) is 1. The van der Waals surface area contributed by atoms with Gasteiger partial charge in [0.15, 0.2) is 6.04 Å². The molecule has 18 heavy (non-hydrogen) atoms. The SMILES string of the molecule is COC(=O)CC(C)=NC(C(=O)O)C1=CCC=CC1. The van der Waals surface area contributed by atoms with Gasteiger partial charge in [-0.15, -0.1) is 0 Å². The van der Waals surface area contributed by atoms with Gasteiger partial charge in [-0.25, -0.2) is 4.79 Å². The van der Waals surface area contributed by atoms with Gasteiger partial charge in [-0.2, -0.15) is 0 Å². The second-order valence-electron chi connectivity index (χ2n) is 4.05. The number of ether oxygens (including phenoxy) is 1. The number of carboxylic acids is 1. The molecule has 98 valence electrons. The highest BCUT2D eigenvalue weighted by molar-refractivity contribution is 5.98. The van der Waals surface area contributed by atoms with E-state index in [2.05, 4.69) is 9.73 Å². The minimum Gasteiger partial charge on any atom is -0.479 e. The maximum absolute atomic E-state index is 11.2. The highest BCUT2D eigenvalue weighted by Gasteiger charge is 2.21. The van der Waals surface area contributed by atoms with Crippen molar-refractivity contribution in [2.75, 3.05) is 7.11 Å². The molecular weight excluding hydrogens is 234 g/mol. The number of allylic oxidation sites excluding steroid dienone is 3. The molecule has 0 bridgehead atoms.